The maximum Gasteiger partial charge on any atom is 0.290 e. The van der Waals surface area contributed by atoms with Gasteiger partial charge in [0.15, 0.2) is 0 Å². The van der Waals surface area contributed by atoms with Crippen molar-refractivity contribution in [1.29, 1.82) is 0 Å². The number of hydrogen-bond acceptors (Lipinski definition) is 10. The molecule has 0 spiro atoms. The highest BCUT2D eigenvalue weighted by molar-refractivity contribution is 5.74. The average Bonchev–Trinajstić information content (AvgIpc) is 2.41. The first-order chi connectivity index (χ1) is 9.22. The summed E-state index contributed by atoms with van der Waals surface area (Å²) < 4.78 is 0. The van der Waals surface area contributed by atoms with Crippen LogP contribution in [-0.2, 0) is 24.3 Å². The third-order valence-electron chi connectivity index (χ3n) is 2.30. The van der Waals surface area contributed by atoms with E-state index in [-0.39, 0.29) is 19.3 Å². The van der Waals surface area contributed by atoms with Crippen LogP contribution in [0.15, 0.2) is 0 Å². The van der Waals surface area contributed by atoms with Gasteiger partial charge in [-0.25, -0.2) is 26.0 Å². The van der Waals surface area contributed by atoms with E-state index < -0.39 is 30.0 Å². The van der Waals surface area contributed by atoms with Crippen molar-refractivity contribution in [1.82, 2.24) is 5.32 Å². The van der Waals surface area contributed by atoms with Crippen molar-refractivity contribution in [3.63, 3.8) is 0 Å². The number of hydrogen-bond donors (Lipinski definition) is 7. The lowest BCUT2D eigenvalue weighted by Crippen LogP contribution is -2.66. The first-order valence-corrected chi connectivity index (χ1v) is 5.35. The molecular weight excluding hydrogens is 280 g/mol. The number of primary amides is 2. The van der Waals surface area contributed by atoms with Crippen molar-refractivity contribution < 1.29 is 40.0 Å². The molecule has 0 aliphatic heterocycles. The molecule has 0 rings (SSSR count). The van der Waals surface area contributed by atoms with Crippen LogP contribution in [0.2, 0.25) is 0 Å². The van der Waals surface area contributed by atoms with Crippen molar-refractivity contribution in [3.8, 4) is 0 Å². The van der Waals surface area contributed by atoms with E-state index in [2.05, 4.69) is 14.7 Å². The van der Waals surface area contributed by atoms with Crippen LogP contribution in [-0.4, -0.2) is 39.3 Å². The van der Waals surface area contributed by atoms with E-state index in [0.29, 0.717) is 0 Å². The normalized spacial score (nSPS) is 14.8. The summed E-state index contributed by atoms with van der Waals surface area (Å²) in [5.41, 5.74) is 15.3. The molecule has 0 fully saturated rings. The molecule has 0 saturated heterocycles. The van der Waals surface area contributed by atoms with Crippen LogP contribution in [0, 0.1) is 0 Å². The van der Waals surface area contributed by atoms with Gasteiger partial charge in [0.2, 0.25) is 17.7 Å². The molecule has 0 aliphatic rings. The van der Waals surface area contributed by atoms with Gasteiger partial charge in [-0.15, -0.1) is 0 Å². The Hall–Kier alpha value is -1.38. The summed E-state index contributed by atoms with van der Waals surface area (Å²) in [6, 6.07) is 0. The fraction of sp³-hybridized carbons (Fsp3) is 0.750. The predicted molar refractivity (Wildman–Crippen MR) is 60.8 cm³/mol. The number of rotatable bonds is 11. The van der Waals surface area contributed by atoms with Crippen molar-refractivity contribution in [2.45, 2.75) is 37.4 Å². The van der Waals surface area contributed by atoms with Gasteiger partial charge < -0.3 is 11.5 Å². The van der Waals surface area contributed by atoms with Crippen molar-refractivity contribution in [3.05, 3.63) is 0 Å². The quantitative estimate of drug-likeness (QED) is 0.125. The standard InChI is InChI=1S/C8H18N4O8/c9-5(13)1-3-7(11,18-15)12-8(19-16,20-17)4-2-6(10)14/h12,15-17H,1-4,11H2,(H2,9,13)(H2,10,14). The van der Waals surface area contributed by atoms with Gasteiger partial charge >= 0.3 is 0 Å². The second kappa shape index (κ2) is 8.03. The topological polar surface area (TPSA) is 213 Å². The Morgan fingerprint density at radius 2 is 1.40 bits per heavy atom. The van der Waals surface area contributed by atoms with Crippen molar-refractivity contribution in [2.75, 3.05) is 0 Å². The van der Waals surface area contributed by atoms with E-state index in [1.165, 1.54) is 0 Å². The minimum Gasteiger partial charge on any atom is -0.370 e. The minimum absolute atomic E-state index is 0.313. The van der Waals surface area contributed by atoms with E-state index >= 15 is 0 Å². The van der Waals surface area contributed by atoms with E-state index in [9.17, 15) is 9.59 Å². The van der Waals surface area contributed by atoms with Gasteiger partial charge in [-0.1, -0.05) is 0 Å². The summed E-state index contributed by atoms with van der Waals surface area (Å²) >= 11 is 0. The van der Waals surface area contributed by atoms with Gasteiger partial charge in [0.25, 0.3) is 5.91 Å². The van der Waals surface area contributed by atoms with Crippen LogP contribution >= 0.6 is 0 Å². The van der Waals surface area contributed by atoms with Crippen LogP contribution in [0.4, 0.5) is 0 Å². The molecule has 1 unspecified atom stereocenters. The van der Waals surface area contributed by atoms with E-state index in [1.54, 1.807) is 0 Å². The number of carbonyl (C=O) groups excluding carboxylic acids is 2. The molecule has 0 heterocycles. The molecular formula is C8H18N4O8. The van der Waals surface area contributed by atoms with Gasteiger partial charge in [0.1, 0.15) is 0 Å². The largest absolute Gasteiger partial charge is 0.370 e. The van der Waals surface area contributed by atoms with Gasteiger partial charge in [-0.05, 0) is 0 Å². The summed E-state index contributed by atoms with van der Waals surface area (Å²) in [5, 5.41) is 28.3. The molecule has 0 aromatic heterocycles. The molecule has 0 aliphatic carbocycles. The van der Waals surface area contributed by atoms with Gasteiger partial charge in [0.05, 0.1) is 0 Å². The van der Waals surface area contributed by atoms with E-state index in [0.717, 1.165) is 0 Å². The smallest absolute Gasteiger partial charge is 0.290 e. The Morgan fingerprint density at radius 3 is 1.75 bits per heavy atom. The van der Waals surface area contributed by atoms with Crippen LogP contribution in [0.25, 0.3) is 0 Å². The van der Waals surface area contributed by atoms with Gasteiger partial charge in [0, 0.05) is 25.7 Å². The minimum atomic E-state index is -2.41. The third kappa shape index (κ3) is 6.18. The molecule has 0 saturated carbocycles. The number of nitrogens with two attached hydrogens (primary N) is 3. The zero-order valence-electron chi connectivity index (χ0n) is 10.4. The summed E-state index contributed by atoms with van der Waals surface area (Å²) in [4.78, 5) is 33.0. The highest BCUT2D eigenvalue weighted by atomic mass is 17.2. The summed E-state index contributed by atoms with van der Waals surface area (Å²) in [6.07, 6.45) is -1.56. The predicted octanol–water partition coefficient (Wildman–Crippen LogP) is -2.16. The fourth-order valence-electron chi connectivity index (χ4n) is 1.27. The zero-order chi connectivity index (χ0) is 15.8. The maximum atomic E-state index is 10.7. The zero-order valence-corrected chi connectivity index (χ0v) is 10.4. The molecule has 0 radical (unpaired) electrons. The number of nitrogens with one attached hydrogen (secondary N) is 1. The Kier molecular flexibility index (Phi) is 7.48. The maximum absolute atomic E-state index is 10.7. The molecule has 10 N–H and O–H groups in total. The molecule has 0 bridgehead atoms. The van der Waals surface area contributed by atoms with Gasteiger partial charge in [-0.3, -0.25) is 15.3 Å². The highest BCUT2D eigenvalue weighted by Crippen LogP contribution is 2.20. The molecule has 1 atom stereocenters. The van der Waals surface area contributed by atoms with Crippen LogP contribution in [0.3, 0.4) is 0 Å². The van der Waals surface area contributed by atoms with E-state index in [4.69, 9.17) is 33.0 Å². The van der Waals surface area contributed by atoms with Crippen LogP contribution < -0.4 is 22.5 Å². The molecule has 20 heavy (non-hydrogen) atoms. The summed E-state index contributed by atoms with van der Waals surface area (Å²) in [5.74, 6) is -6.13. The summed E-state index contributed by atoms with van der Waals surface area (Å²) in [7, 11) is 0. The lowest BCUT2D eigenvalue weighted by Gasteiger charge is -2.36. The molecule has 12 nitrogen and oxygen atoms in total. The molecule has 2 amide bonds. The lowest BCUT2D eigenvalue weighted by atomic mass is 10.1. The lowest BCUT2D eigenvalue weighted by molar-refractivity contribution is -0.512. The molecule has 0 aromatic rings. The Labute approximate surface area is 113 Å². The number of amides is 2. The van der Waals surface area contributed by atoms with Gasteiger partial charge in [-0.2, -0.15) is 9.78 Å². The van der Waals surface area contributed by atoms with E-state index in [1.807, 2.05) is 5.32 Å². The monoisotopic (exact) mass is 298 g/mol. The summed E-state index contributed by atoms with van der Waals surface area (Å²) in [6.45, 7) is 0. The Morgan fingerprint density at radius 1 is 0.950 bits per heavy atom. The fourth-order valence-corrected chi connectivity index (χ4v) is 1.27. The molecule has 0 aromatic carbocycles. The first-order valence-electron chi connectivity index (χ1n) is 5.35. The second-order valence-corrected chi connectivity index (χ2v) is 3.97. The van der Waals surface area contributed by atoms with Crippen molar-refractivity contribution >= 4 is 11.8 Å². The highest BCUT2D eigenvalue weighted by Gasteiger charge is 2.43. The second-order valence-electron chi connectivity index (χ2n) is 3.97. The van der Waals surface area contributed by atoms with Crippen LogP contribution in [0.1, 0.15) is 25.7 Å². The van der Waals surface area contributed by atoms with Crippen LogP contribution in [0.5, 0.6) is 0 Å². The average molecular weight is 298 g/mol. The number of carbonyl (C=O) groups is 2. The SMILES string of the molecule is NC(=O)CCC(N)(NC(CCC(N)=O)(OO)OO)OO. The Bertz CT molecular complexity index is 336. The Balaban J connectivity index is 4.89. The molecule has 118 valence electrons. The first kappa shape index (κ1) is 18.6. The molecule has 12 heteroatoms. The third-order valence-corrected chi connectivity index (χ3v) is 2.30. The van der Waals surface area contributed by atoms with Crippen molar-refractivity contribution in [2.24, 2.45) is 17.2 Å².